The molecule has 11 heteroatoms. The van der Waals surface area contributed by atoms with Crippen molar-refractivity contribution >= 4 is 23.7 Å². The molecule has 4 atom stereocenters. The van der Waals surface area contributed by atoms with Gasteiger partial charge in [-0.3, -0.25) is 19.4 Å². The van der Waals surface area contributed by atoms with Crippen molar-refractivity contribution in [3.8, 4) is 0 Å². The minimum atomic E-state index is -0.694. The molecule has 0 bridgehead atoms. The van der Waals surface area contributed by atoms with Gasteiger partial charge in [0.15, 0.2) is 12.2 Å². The second-order valence-corrected chi connectivity index (χ2v) is 16.7. The Balaban J connectivity index is 4.32. The van der Waals surface area contributed by atoms with Crippen molar-refractivity contribution in [1.29, 1.82) is 0 Å². The van der Waals surface area contributed by atoms with Crippen LogP contribution in [0.15, 0.2) is 4.99 Å². The van der Waals surface area contributed by atoms with Crippen LogP contribution in [-0.4, -0.2) is 67.5 Å². The predicted molar refractivity (Wildman–Crippen MR) is 241 cm³/mol. The van der Waals surface area contributed by atoms with Gasteiger partial charge in [-0.05, 0) is 57.8 Å². The third-order valence-electron chi connectivity index (χ3n) is 11.2. The number of nitrogens with zero attached hydrogens (tertiary/aromatic N) is 1. The van der Waals surface area contributed by atoms with Gasteiger partial charge in [0.1, 0.15) is 6.04 Å². The molecule has 3 unspecified atom stereocenters. The highest BCUT2D eigenvalue weighted by Crippen LogP contribution is 2.23. The molecule has 0 rings (SSSR count). The Hall–Kier alpha value is -2.40. The molecule has 342 valence electrons. The number of hydrogen-bond donors (Lipinski definition) is 5. The lowest BCUT2D eigenvalue weighted by molar-refractivity contribution is -0.149. The molecule has 0 saturated heterocycles. The molecule has 0 fully saturated rings. The van der Waals surface area contributed by atoms with E-state index >= 15 is 0 Å². The standard InChI is InChI=1S/C47H93N5O6/c1-5-9-12-14-18-25-33-41(32-24-13-10-6-2)46(56)58-39-28-21-16-15-20-27-36-50-44(54)42(35-37-51-47(48)49)52-43(53)34-26-19-17-22-29-38-57-45(55)40(30-8-4)31-23-11-7-3/h40-42,46,56H,5-39H2,1-4H3,(H,50,54)(H,52,53)(H4,48,49,51)/t40?,41?,42-,46?/m0/s1. The first kappa shape index (κ1) is 55.6. The van der Waals surface area contributed by atoms with Crippen LogP contribution in [0.4, 0.5) is 0 Å². The normalized spacial score (nSPS) is 13.4. The van der Waals surface area contributed by atoms with E-state index in [1.165, 1.54) is 64.2 Å². The summed E-state index contributed by atoms with van der Waals surface area (Å²) in [5.41, 5.74) is 11.0. The Kier molecular flexibility index (Phi) is 39.6. The number of aliphatic hydroxyl groups excluding tert-OH is 1. The summed E-state index contributed by atoms with van der Waals surface area (Å²) in [6.07, 6.45) is 31.3. The minimum absolute atomic E-state index is 0.0247. The van der Waals surface area contributed by atoms with Crippen molar-refractivity contribution in [2.24, 2.45) is 28.3 Å². The fourth-order valence-corrected chi connectivity index (χ4v) is 7.49. The zero-order valence-electron chi connectivity index (χ0n) is 38.1. The van der Waals surface area contributed by atoms with Gasteiger partial charge in [-0.1, -0.05) is 163 Å². The number of carbonyl (C=O) groups is 3. The van der Waals surface area contributed by atoms with Gasteiger partial charge in [-0.25, -0.2) is 0 Å². The van der Waals surface area contributed by atoms with E-state index in [0.29, 0.717) is 32.6 Å². The lowest BCUT2D eigenvalue weighted by atomic mass is 9.93. The number of ether oxygens (including phenoxy) is 2. The number of carbonyl (C=O) groups excluding carboxylic acids is 3. The second-order valence-electron chi connectivity index (χ2n) is 16.7. The van der Waals surface area contributed by atoms with E-state index in [-0.39, 0.29) is 42.1 Å². The van der Waals surface area contributed by atoms with Crippen molar-refractivity contribution in [3.63, 3.8) is 0 Å². The topological polar surface area (TPSA) is 178 Å². The van der Waals surface area contributed by atoms with Crippen LogP contribution in [0, 0.1) is 11.8 Å². The summed E-state index contributed by atoms with van der Waals surface area (Å²) in [6, 6.07) is -0.694. The van der Waals surface area contributed by atoms with Crippen molar-refractivity contribution in [3.05, 3.63) is 0 Å². The zero-order chi connectivity index (χ0) is 42.9. The first-order chi connectivity index (χ1) is 28.2. The van der Waals surface area contributed by atoms with Crippen molar-refractivity contribution in [1.82, 2.24) is 10.6 Å². The highest BCUT2D eigenvalue weighted by atomic mass is 16.6. The number of nitrogens with two attached hydrogens (primary N) is 2. The monoisotopic (exact) mass is 824 g/mol. The molecule has 0 aliphatic rings. The van der Waals surface area contributed by atoms with E-state index in [2.05, 4.69) is 43.3 Å². The number of nitrogens with one attached hydrogen (secondary N) is 2. The van der Waals surface area contributed by atoms with E-state index in [1.54, 1.807) is 0 Å². The van der Waals surface area contributed by atoms with Crippen LogP contribution < -0.4 is 22.1 Å². The third kappa shape index (κ3) is 34.5. The maximum atomic E-state index is 13.0. The van der Waals surface area contributed by atoms with Gasteiger partial charge in [0.25, 0.3) is 0 Å². The van der Waals surface area contributed by atoms with Gasteiger partial charge in [0, 0.05) is 32.0 Å². The van der Waals surface area contributed by atoms with Crippen molar-refractivity contribution in [2.75, 3.05) is 26.3 Å². The first-order valence-electron chi connectivity index (χ1n) is 24.3. The molecule has 0 aromatic rings. The number of unbranched alkanes of at least 4 members (excludes halogenated alkanes) is 19. The average molecular weight is 824 g/mol. The van der Waals surface area contributed by atoms with E-state index < -0.39 is 12.3 Å². The summed E-state index contributed by atoms with van der Waals surface area (Å²) < 4.78 is 11.5. The number of rotatable bonds is 43. The summed E-state index contributed by atoms with van der Waals surface area (Å²) in [5, 5.41) is 16.7. The van der Waals surface area contributed by atoms with Crippen LogP contribution in [0.1, 0.15) is 227 Å². The van der Waals surface area contributed by atoms with Gasteiger partial charge in [0.05, 0.1) is 12.5 Å². The maximum absolute atomic E-state index is 13.0. The number of aliphatic imine (C=N–C) groups is 1. The molecular weight excluding hydrogens is 731 g/mol. The van der Waals surface area contributed by atoms with Crippen LogP contribution in [-0.2, 0) is 23.9 Å². The molecule has 58 heavy (non-hydrogen) atoms. The number of guanidine groups is 1. The molecule has 0 aliphatic heterocycles. The summed E-state index contributed by atoms with van der Waals surface area (Å²) in [7, 11) is 0. The van der Waals surface area contributed by atoms with Crippen LogP contribution in [0.25, 0.3) is 0 Å². The van der Waals surface area contributed by atoms with Gasteiger partial charge >= 0.3 is 5.97 Å². The smallest absolute Gasteiger partial charge is 0.308 e. The molecule has 0 aromatic heterocycles. The number of hydrogen-bond acceptors (Lipinski definition) is 7. The zero-order valence-corrected chi connectivity index (χ0v) is 38.1. The highest BCUT2D eigenvalue weighted by molar-refractivity contribution is 5.87. The largest absolute Gasteiger partial charge is 0.465 e. The fraction of sp³-hybridized carbons (Fsp3) is 0.915. The van der Waals surface area contributed by atoms with Crippen LogP contribution >= 0.6 is 0 Å². The molecule has 0 aromatic carbocycles. The Morgan fingerprint density at radius 2 is 1.10 bits per heavy atom. The molecule has 0 heterocycles. The molecule has 7 N–H and O–H groups in total. The molecule has 11 nitrogen and oxygen atoms in total. The Labute approximate surface area is 356 Å². The lowest BCUT2D eigenvalue weighted by Crippen LogP contribution is -2.47. The predicted octanol–water partition coefficient (Wildman–Crippen LogP) is 10.1. The summed E-state index contributed by atoms with van der Waals surface area (Å²) in [6.45, 7) is 10.6. The SMILES string of the molecule is CCCCCCCCC(CCCCCC)C(O)OCCCCCCCCNC(=O)[C@H](CCN=C(N)N)NC(=O)CCCCCCCOC(=O)C(CCC)CCCCC. The highest BCUT2D eigenvalue weighted by Gasteiger charge is 2.21. The third-order valence-corrected chi connectivity index (χ3v) is 11.2. The maximum Gasteiger partial charge on any atom is 0.308 e. The van der Waals surface area contributed by atoms with E-state index in [0.717, 1.165) is 122 Å². The van der Waals surface area contributed by atoms with Gasteiger partial charge in [-0.15, -0.1) is 0 Å². The number of amides is 2. The van der Waals surface area contributed by atoms with Gasteiger partial charge < -0.3 is 36.7 Å². The average Bonchev–Trinajstić information content (AvgIpc) is 3.20. The number of aliphatic hydroxyl groups is 1. The second kappa shape index (κ2) is 41.3. The summed E-state index contributed by atoms with van der Waals surface area (Å²) >= 11 is 0. The minimum Gasteiger partial charge on any atom is -0.465 e. The van der Waals surface area contributed by atoms with Crippen LogP contribution in [0.5, 0.6) is 0 Å². The molecule has 0 saturated carbocycles. The fourth-order valence-electron chi connectivity index (χ4n) is 7.49. The van der Waals surface area contributed by atoms with Gasteiger partial charge in [0.2, 0.25) is 11.8 Å². The van der Waals surface area contributed by atoms with E-state index in [1.807, 2.05) is 0 Å². The summed E-state index contributed by atoms with van der Waals surface area (Å²) in [4.78, 5) is 42.3. The Morgan fingerprint density at radius 1 is 0.586 bits per heavy atom. The van der Waals surface area contributed by atoms with E-state index in [4.69, 9.17) is 20.9 Å². The molecule has 2 amide bonds. The number of esters is 1. The van der Waals surface area contributed by atoms with E-state index in [9.17, 15) is 19.5 Å². The Bertz CT molecular complexity index is 995. The van der Waals surface area contributed by atoms with Crippen LogP contribution in [0.3, 0.4) is 0 Å². The first-order valence-corrected chi connectivity index (χ1v) is 24.3. The lowest BCUT2D eigenvalue weighted by Gasteiger charge is -2.23. The van der Waals surface area contributed by atoms with Crippen molar-refractivity contribution < 1.29 is 29.0 Å². The molecular formula is C47H93N5O6. The van der Waals surface area contributed by atoms with Gasteiger partial charge in [-0.2, -0.15) is 0 Å². The Morgan fingerprint density at radius 3 is 1.72 bits per heavy atom. The van der Waals surface area contributed by atoms with Crippen LogP contribution in [0.2, 0.25) is 0 Å². The molecule has 0 spiro atoms. The molecule has 0 aliphatic carbocycles. The van der Waals surface area contributed by atoms with Crippen molar-refractivity contribution in [2.45, 2.75) is 239 Å². The quantitative estimate of drug-likeness (QED) is 0.0133. The molecule has 0 radical (unpaired) electrons. The summed E-state index contributed by atoms with van der Waals surface area (Å²) in [5.74, 6) is -0.185.